The Morgan fingerprint density at radius 2 is 1.79 bits per heavy atom. The highest BCUT2D eigenvalue weighted by molar-refractivity contribution is 6.67. The van der Waals surface area contributed by atoms with Crippen LogP contribution in [0, 0.1) is 28.6 Å². The van der Waals surface area contributed by atoms with Gasteiger partial charge < -0.3 is 9.47 Å². The van der Waals surface area contributed by atoms with Gasteiger partial charge in [-0.3, -0.25) is 4.79 Å². The Balaban J connectivity index is 1.70. The maximum Gasteiger partial charge on any atom is 0.311 e. The van der Waals surface area contributed by atoms with Gasteiger partial charge in [-0.1, -0.05) is 79.0 Å². The van der Waals surface area contributed by atoms with Crippen molar-refractivity contribution in [1.29, 1.82) is 5.26 Å². The molecule has 1 fully saturated rings. The van der Waals surface area contributed by atoms with Gasteiger partial charge in [0.25, 0.3) is 0 Å². The van der Waals surface area contributed by atoms with Crippen molar-refractivity contribution in [2.24, 2.45) is 17.3 Å². The quantitative estimate of drug-likeness (QED) is 0.365. The van der Waals surface area contributed by atoms with Crippen LogP contribution in [0.25, 0.3) is 0 Å². The normalized spacial score (nSPS) is 21.0. The largest absolute Gasteiger partial charge is 0.457 e. The van der Waals surface area contributed by atoms with Gasteiger partial charge in [-0.05, 0) is 42.0 Å². The van der Waals surface area contributed by atoms with Gasteiger partial charge in [-0.25, -0.2) is 0 Å². The molecule has 1 saturated carbocycles. The molecule has 0 aromatic heterocycles. The second-order valence-corrected chi connectivity index (χ2v) is 10.2. The number of nitriles is 1. The first kappa shape index (κ1) is 21.8. The van der Waals surface area contributed by atoms with Gasteiger partial charge in [0, 0.05) is 5.56 Å². The molecule has 3 rings (SSSR count). The molecule has 0 spiro atoms. The molecule has 7 heteroatoms. The van der Waals surface area contributed by atoms with Gasteiger partial charge >= 0.3 is 5.97 Å². The van der Waals surface area contributed by atoms with Gasteiger partial charge in [0.2, 0.25) is 6.10 Å². The summed E-state index contributed by atoms with van der Waals surface area (Å²) in [5, 5.41) is 9.56. The summed E-state index contributed by atoms with van der Waals surface area (Å²) in [4.78, 5) is 12.7. The lowest BCUT2D eigenvalue weighted by atomic mass is 10.1. The molecule has 3 atom stereocenters. The second kappa shape index (κ2) is 8.44. The lowest BCUT2D eigenvalue weighted by Crippen LogP contribution is -2.15. The van der Waals surface area contributed by atoms with E-state index in [1.807, 2.05) is 50.2 Å². The molecule has 0 aliphatic heterocycles. The third-order valence-electron chi connectivity index (χ3n) is 5.25. The highest BCUT2D eigenvalue weighted by Gasteiger charge is 2.64. The van der Waals surface area contributed by atoms with Crippen molar-refractivity contribution in [3.05, 3.63) is 60.2 Å². The molecular formula is C22H20Cl3NO3. The molecule has 4 nitrogen and oxygen atoms in total. The number of para-hydroxylation sites is 1. The zero-order valence-corrected chi connectivity index (χ0v) is 18.2. The zero-order valence-electron chi connectivity index (χ0n) is 15.9. The fourth-order valence-corrected chi connectivity index (χ4v) is 4.07. The van der Waals surface area contributed by atoms with Crippen molar-refractivity contribution in [2.75, 3.05) is 0 Å². The number of esters is 1. The molecular weight excluding hydrogens is 433 g/mol. The van der Waals surface area contributed by atoms with Crippen molar-refractivity contribution in [3.63, 3.8) is 0 Å². The van der Waals surface area contributed by atoms with Gasteiger partial charge in [0.15, 0.2) is 3.79 Å². The van der Waals surface area contributed by atoms with Gasteiger partial charge in [-0.15, -0.1) is 0 Å². The zero-order chi connectivity index (χ0) is 21.2. The van der Waals surface area contributed by atoms with E-state index in [2.05, 4.69) is 0 Å². The van der Waals surface area contributed by atoms with E-state index in [1.165, 1.54) is 0 Å². The van der Waals surface area contributed by atoms with Gasteiger partial charge in [0.05, 0.1) is 5.92 Å². The molecule has 29 heavy (non-hydrogen) atoms. The molecule has 0 heterocycles. The summed E-state index contributed by atoms with van der Waals surface area (Å²) >= 11 is 17.7. The molecule has 0 N–H and O–H groups in total. The van der Waals surface area contributed by atoms with Crippen LogP contribution >= 0.6 is 34.8 Å². The van der Waals surface area contributed by atoms with E-state index in [-0.39, 0.29) is 17.8 Å². The van der Waals surface area contributed by atoms with Crippen LogP contribution in [0.3, 0.4) is 0 Å². The van der Waals surface area contributed by atoms with Crippen LogP contribution in [0.5, 0.6) is 11.5 Å². The van der Waals surface area contributed by atoms with Crippen molar-refractivity contribution >= 4 is 40.8 Å². The van der Waals surface area contributed by atoms with Gasteiger partial charge in [0.1, 0.15) is 17.6 Å². The van der Waals surface area contributed by atoms with E-state index >= 15 is 0 Å². The molecule has 2 aromatic rings. The number of carbonyl (C=O) groups is 1. The van der Waals surface area contributed by atoms with E-state index in [9.17, 15) is 10.1 Å². The first-order valence-electron chi connectivity index (χ1n) is 9.11. The van der Waals surface area contributed by atoms with E-state index < -0.39 is 21.8 Å². The number of nitrogens with zero attached hydrogens (tertiary/aromatic N) is 1. The van der Waals surface area contributed by atoms with Crippen LogP contribution in [0.1, 0.15) is 31.9 Å². The molecule has 1 aliphatic carbocycles. The SMILES string of the molecule is CC1(C)[C@@H](CC(Cl)(Cl)Cl)[C@@H]1C(=O)OC(C#N)c1cccc(Oc2ccccc2)c1. The molecule has 0 bridgehead atoms. The number of hydrogen-bond donors (Lipinski definition) is 0. The minimum absolute atomic E-state index is 0.116. The smallest absolute Gasteiger partial charge is 0.311 e. The van der Waals surface area contributed by atoms with E-state index in [4.69, 9.17) is 44.3 Å². The Kier molecular flexibility index (Phi) is 6.33. The number of carbonyl (C=O) groups excluding carboxylic acids is 1. The predicted molar refractivity (Wildman–Crippen MR) is 113 cm³/mol. The molecule has 1 unspecified atom stereocenters. The van der Waals surface area contributed by atoms with Gasteiger partial charge in [-0.2, -0.15) is 5.26 Å². The maximum atomic E-state index is 12.7. The van der Waals surface area contributed by atoms with E-state index in [0.717, 1.165) is 0 Å². The molecule has 0 radical (unpaired) electrons. The first-order valence-corrected chi connectivity index (χ1v) is 10.2. The topological polar surface area (TPSA) is 59.3 Å². The van der Waals surface area contributed by atoms with Crippen LogP contribution in [0.4, 0.5) is 0 Å². The summed E-state index contributed by atoms with van der Waals surface area (Å²) in [7, 11) is 0. The van der Waals surface area contributed by atoms with E-state index in [1.54, 1.807) is 24.3 Å². The summed E-state index contributed by atoms with van der Waals surface area (Å²) in [5.41, 5.74) is 0.185. The fourth-order valence-electron chi connectivity index (χ4n) is 3.57. The van der Waals surface area contributed by atoms with Crippen LogP contribution in [0.15, 0.2) is 54.6 Å². The summed E-state index contributed by atoms with van der Waals surface area (Å²) < 4.78 is 9.86. The Hall–Kier alpha value is -1.93. The van der Waals surface area contributed by atoms with Crippen molar-refractivity contribution in [2.45, 2.75) is 30.2 Å². The monoisotopic (exact) mass is 451 g/mol. The Morgan fingerprint density at radius 3 is 2.41 bits per heavy atom. The molecule has 2 aromatic carbocycles. The molecule has 0 amide bonds. The van der Waals surface area contributed by atoms with Crippen molar-refractivity contribution < 1.29 is 14.3 Å². The number of ether oxygens (including phenoxy) is 2. The second-order valence-electron chi connectivity index (χ2n) is 7.66. The summed E-state index contributed by atoms with van der Waals surface area (Å²) in [5.74, 6) is 0.220. The van der Waals surface area contributed by atoms with Crippen molar-refractivity contribution in [3.8, 4) is 17.6 Å². The lowest BCUT2D eigenvalue weighted by molar-refractivity contribution is -0.149. The average Bonchev–Trinajstić information content (AvgIpc) is 3.18. The number of halogens is 3. The highest BCUT2D eigenvalue weighted by atomic mass is 35.6. The Bertz CT molecular complexity index is 919. The fraction of sp³-hybridized carbons (Fsp3) is 0.364. The van der Waals surface area contributed by atoms with Crippen LogP contribution < -0.4 is 4.74 Å². The standard InChI is InChI=1S/C22H20Cl3NO3/c1-21(2)17(12-22(23,24)25)19(21)20(27)29-18(13-26)14-7-6-10-16(11-14)28-15-8-4-3-5-9-15/h3-11,17-19H,12H2,1-2H3/t17-,18?,19+/m0/s1. The van der Waals surface area contributed by atoms with E-state index in [0.29, 0.717) is 17.1 Å². The van der Waals surface area contributed by atoms with Crippen molar-refractivity contribution in [1.82, 2.24) is 0 Å². The third-order valence-corrected chi connectivity index (χ3v) is 5.71. The predicted octanol–water partition coefficient (Wildman–Crippen LogP) is 6.62. The highest BCUT2D eigenvalue weighted by Crippen LogP contribution is 2.63. The summed E-state index contributed by atoms with van der Waals surface area (Å²) in [6.45, 7) is 3.85. The summed E-state index contributed by atoms with van der Waals surface area (Å²) in [6, 6.07) is 18.2. The van der Waals surface area contributed by atoms with Crippen LogP contribution in [-0.2, 0) is 9.53 Å². The number of benzene rings is 2. The average molecular weight is 453 g/mol. The number of rotatable bonds is 6. The molecule has 1 aliphatic rings. The van der Waals surface area contributed by atoms with Crippen LogP contribution in [-0.4, -0.2) is 9.76 Å². The third kappa shape index (κ3) is 5.36. The van der Waals surface area contributed by atoms with Crippen LogP contribution in [0.2, 0.25) is 0 Å². The Labute approximate surface area is 185 Å². The number of hydrogen-bond acceptors (Lipinski definition) is 4. The molecule has 152 valence electrons. The maximum absolute atomic E-state index is 12.7. The summed E-state index contributed by atoms with van der Waals surface area (Å²) in [6.07, 6.45) is -0.797. The minimum Gasteiger partial charge on any atom is -0.457 e. The lowest BCUT2D eigenvalue weighted by Gasteiger charge is -2.14. The molecule has 0 saturated heterocycles. The minimum atomic E-state index is -1.44. The first-order chi connectivity index (χ1) is 13.6. The number of alkyl halides is 3. The Morgan fingerprint density at radius 1 is 1.14 bits per heavy atom.